The van der Waals surface area contributed by atoms with E-state index in [-0.39, 0.29) is 0 Å². The lowest BCUT2D eigenvalue weighted by molar-refractivity contribution is 0.230. The van der Waals surface area contributed by atoms with Crippen molar-refractivity contribution >= 4 is 0 Å². The lowest BCUT2D eigenvalue weighted by Crippen LogP contribution is -2.42. The van der Waals surface area contributed by atoms with Gasteiger partial charge in [0.15, 0.2) is 0 Å². The van der Waals surface area contributed by atoms with Crippen molar-refractivity contribution in [3.63, 3.8) is 0 Å². The average Bonchev–Trinajstić information content (AvgIpc) is 2.40. The van der Waals surface area contributed by atoms with Gasteiger partial charge in [-0.3, -0.25) is 4.90 Å². The van der Waals surface area contributed by atoms with Gasteiger partial charge in [0.05, 0.1) is 14.2 Å². The molecule has 94 valence electrons. The Bertz CT molecular complexity index is 362. The second-order valence-electron chi connectivity index (χ2n) is 4.20. The first-order valence-corrected chi connectivity index (χ1v) is 5.97. The van der Waals surface area contributed by atoms with Crippen LogP contribution < -0.4 is 14.8 Å². The zero-order chi connectivity index (χ0) is 12.1. The highest BCUT2D eigenvalue weighted by molar-refractivity contribution is 5.40. The Hall–Kier alpha value is -1.26. The van der Waals surface area contributed by atoms with Crippen molar-refractivity contribution in [3.8, 4) is 11.5 Å². The number of ether oxygens (including phenoxy) is 2. The molecule has 0 radical (unpaired) electrons. The van der Waals surface area contributed by atoms with Gasteiger partial charge >= 0.3 is 0 Å². The van der Waals surface area contributed by atoms with Gasteiger partial charge < -0.3 is 14.8 Å². The molecule has 1 saturated heterocycles. The molecule has 1 heterocycles. The lowest BCUT2D eigenvalue weighted by Gasteiger charge is -2.27. The van der Waals surface area contributed by atoms with Crippen molar-refractivity contribution in [1.29, 1.82) is 0 Å². The maximum atomic E-state index is 5.39. The monoisotopic (exact) mass is 236 g/mol. The third-order valence-corrected chi connectivity index (χ3v) is 3.09. The summed E-state index contributed by atoms with van der Waals surface area (Å²) in [6.45, 7) is 5.21. The summed E-state index contributed by atoms with van der Waals surface area (Å²) in [5.74, 6) is 1.82. The van der Waals surface area contributed by atoms with Gasteiger partial charge in [-0.15, -0.1) is 0 Å². The van der Waals surface area contributed by atoms with E-state index in [0.717, 1.165) is 44.2 Å². The maximum absolute atomic E-state index is 5.39. The highest BCUT2D eigenvalue weighted by Crippen LogP contribution is 2.25. The average molecular weight is 236 g/mol. The fourth-order valence-electron chi connectivity index (χ4n) is 2.12. The molecule has 1 N–H and O–H groups in total. The smallest absolute Gasteiger partial charge is 0.123 e. The molecule has 4 nitrogen and oxygen atoms in total. The third kappa shape index (κ3) is 3.11. The second kappa shape index (κ2) is 5.89. The van der Waals surface area contributed by atoms with Crippen LogP contribution in [0.5, 0.6) is 11.5 Å². The fraction of sp³-hybridized carbons (Fsp3) is 0.538. The summed E-state index contributed by atoms with van der Waals surface area (Å²) in [7, 11) is 3.40. The van der Waals surface area contributed by atoms with E-state index in [4.69, 9.17) is 9.47 Å². The normalized spacial score (nSPS) is 16.8. The molecule has 0 saturated carbocycles. The summed E-state index contributed by atoms with van der Waals surface area (Å²) in [6.07, 6.45) is 0. The summed E-state index contributed by atoms with van der Waals surface area (Å²) in [5, 5.41) is 3.35. The van der Waals surface area contributed by atoms with Crippen LogP contribution in [0.25, 0.3) is 0 Å². The van der Waals surface area contributed by atoms with Crippen LogP contribution in [0.4, 0.5) is 0 Å². The van der Waals surface area contributed by atoms with E-state index in [0.29, 0.717) is 0 Å². The first kappa shape index (κ1) is 12.2. The molecule has 1 aliphatic rings. The molecular weight excluding hydrogens is 216 g/mol. The Morgan fingerprint density at radius 3 is 2.59 bits per heavy atom. The largest absolute Gasteiger partial charge is 0.497 e. The lowest BCUT2D eigenvalue weighted by atomic mass is 10.1. The molecule has 2 rings (SSSR count). The van der Waals surface area contributed by atoms with Gasteiger partial charge in [-0.05, 0) is 18.2 Å². The van der Waals surface area contributed by atoms with E-state index in [1.807, 2.05) is 12.1 Å². The zero-order valence-corrected chi connectivity index (χ0v) is 10.5. The first-order chi connectivity index (χ1) is 8.33. The van der Waals surface area contributed by atoms with E-state index in [9.17, 15) is 0 Å². The quantitative estimate of drug-likeness (QED) is 0.849. The van der Waals surface area contributed by atoms with Crippen LogP contribution in [-0.4, -0.2) is 45.3 Å². The van der Waals surface area contributed by atoms with Gasteiger partial charge in [-0.1, -0.05) is 0 Å². The molecule has 0 atom stereocenters. The minimum Gasteiger partial charge on any atom is -0.497 e. The summed E-state index contributed by atoms with van der Waals surface area (Å²) in [4.78, 5) is 2.42. The van der Waals surface area contributed by atoms with Gasteiger partial charge in [0, 0.05) is 38.3 Å². The second-order valence-corrected chi connectivity index (χ2v) is 4.20. The minimum atomic E-state index is 0.885. The number of rotatable bonds is 4. The van der Waals surface area contributed by atoms with Gasteiger partial charge in [-0.25, -0.2) is 0 Å². The summed E-state index contributed by atoms with van der Waals surface area (Å²) >= 11 is 0. The summed E-state index contributed by atoms with van der Waals surface area (Å²) in [6, 6.07) is 5.96. The predicted octanol–water partition coefficient (Wildman–Crippen LogP) is 1.11. The molecule has 4 heteroatoms. The van der Waals surface area contributed by atoms with E-state index < -0.39 is 0 Å². The van der Waals surface area contributed by atoms with Gasteiger partial charge in [0.2, 0.25) is 0 Å². The number of hydrogen-bond donors (Lipinski definition) is 1. The van der Waals surface area contributed by atoms with Crippen molar-refractivity contribution in [2.45, 2.75) is 6.54 Å². The molecule has 1 fully saturated rings. The molecule has 0 aromatic heterocycles. The molecule has 0 amide bonds. The van der Waals surface area contributed by atoms with E-state index in [1.165, 1.54) is 5.56 Å². The number of hydrogen-bond acceptors (Lipinski definition) is 4. The highest BCUT2D eigenvalue weighted by atomic mass is 16.5. The zero-order valence-electron chi connectivity index (χ0n) is 10.5. The Kier molecular flexibility index (Phi) is 4.23. The number of benzene rings is 1. The summed E-state index contributed by atoms with van der Waals surface area (Å²) in [5.41, 5.74) is 1.19. The van der Waals surface area contributed by atoms with Crippen LogP contribution in [0, 0.1) is 0 Å². The Morgan fingerprint density at radius 2 is 1.94 bits per heavy atom. The Morgan fingerprint density at radius 1 is 1.18 bits per heavy atom. The molecule has 0 unspecified atom stereocenters. The molecule has 1 aromatic carbocycles. The van der Waals surface area contributed by atoms with Crippen molar-refractivity contribution < 1.29 is 9.47 Å². The van der Waals surface area contributed by atoms with E-state index in [1.54, 1.807) is 14.2 Å². The van der Waals surface area contributed by atoms with Crippen LogP contribution in [0.2, 0.25) is 0 Å². The number of nitrogens with zero attached hydrogens (tertiary/aromatic N) is 1. The van der Waals surface area contributed by atoms with Crippen LogP contribution in [-0.2, 0) is 6.54 Å². The predicted molar refractivity (Wildman–Crippen MR) is 67.7 cm³/mol. The van der Waals surface area contributed by atoms with Crippen LogP contribution in [0.3, 0.4) is 0 Å². The van der Waals surface area contributed by atoms with E-state index >= 15 is 0 Å². The number of piperazine rings is 1. The molecular formula is C13H20N2O2. The van der Waals surface area contributed by atoms with Crippen LogP contribution >= 0.6 is 0 Å². The maximum Gasteiger partial charge on any atom is 0.123 e. The van der Waals surface area contributed by atoms with E-state index in [2.05, 4.69) is 16.3 Å². The Balaban J connectivity index is 2.11. The minimum absolute atomic E-state index is 0.885. The standard InChI is InChI=1S/C13H20N2O2/c1-16-12-3-4-13(17-2)11(9-12)10-15-7-5-14-6-8-15/h3-4,9,14H,5-8,10H2,1-2H3. The number of methoxy groups -OCH3 is 2. The molecule has 17 heavy (non-hydrogen) atoms. The SMILES string of the molecule is COc1ccc(OC)c(CN2CCNCC2)c1. The fourth-order valence-corrected chi connectivity index (χ4v) is 2.12. The van der Waals surface area contributed by atoms with Crippen molar-refractivity contribution in [1.82, 2.24) is 10.2 Å². The van der Waals surface area contributed by atoms with Crippen LogP contribution in [0.1, 0.15) is 5.56 Å². The number of nitrogens with one attached hydrogen (secondary N) is 1. The van der Waals surface area contributed by atoms with Gasteiger partial charge in [0.25, 0.3) is 0 Å². The first-order valence-electron chi connectivity index (χ1n) is 5.97. The Labute approximate surface area is 103 Å². The molecule has 1 aliphatic heterocycles. The molecule has 0 aliphatic carbocycles. The van der Waals surface area contributed by atoms with Crippen LogP contribution in [0.15, 0.2) is 18.2 Å². The van der Waals surface area contributed by atoms with Crippen molar-refractivity contribution in [2.75, 3.05) is 40.4 Å². The van der Waals surface area contributed by atoms with Crippen molar-refractivity contribution in [2.24, 2.45) is 0 Å². The third-order valence-electron chi connectivity index (χ3n) is 3.09. The van der Waals surface area contributed by atoms with Crippen molar-refractivity contribution in [3.05, 3.63) is 23.8 Å². The topological polar surface area (TPSA) is 33.7 Å². The molecule has 0 bridgehead atoms. The molecule has 1 aromatic rings. The highest BCUT2D eigenvalue weighted by Gasteiger charge is 2.13. The molecule has 0 spiro atoms. The van der Waals surface area contributed by atoms with Gasteiger partial charge in [0.1, 0.15) is 11.5 Å². The van der Waals surface area contributed by atoms with Gasteiger partial charge in [-0.2, -0.15) is 0 Å². The summed E-state index contributed by atoms with van der Waals surface area (Å²) < 4.78 is 10.6.